The first-order valence-corrected chi connectivity index (χ1v) is 4.85. The second-order valence-electron chi connectivity index (χ2n) is 2.70. The second kappa shape index (κ2) is 4.90. The molecule has 0 aromatic heterocycles. The summed E-state index contributed by atoms with van der Waals surface area (Å²) >= 11 is 11.7. The van der Waals surface area contributed by atoms with Crippen LogP contribution in [0.5, 0.6) is 0 Å². The van der Waals surface area contributed by atoms with Crippen molar-refractivity contribution in [3.63, 3.8) is 0 Å². The Balaban J connectivity index is 2.21. The molecular weight excluding hydrogens is 197 g/mol. The maximum atomic E-state index is 5.96. The van der Waals surface area contributed by atoms with Gasteiger partial charge in [0.2, 0.25) is 0 Å². The van der Waals surface area contributed by atoms with Gasteiger partial charge >= 0.3 is 0 Å². The van der Waals surface area contributed by atoms with E-state index >= 15 is 0 Å². The van der Waals surface area contributed by atoms with Crippen LogP contribution < -0.4 is 5.32 Å². The van der Waals surface area contributed by atoms with Gasteiger partial charge in [0.25, 0.3) is 0 Å². The lowest BCUT2D eigenvalue weighted by molar-refractivity contribution is 0.410. The van der Waals surface area contributed by atoms with Crippen LogP contribution in [0.2, 0.25) is 0 Å². The molecule has 1 rings (SSSR count). The van der Waals surface area contributed by atoms with Crippen LogP contribution in [0.4, 0.5) is 0 Å². The molecule has 2 unspecified atom stereocenters. The van der Waals surface area contributed by atoms with Gasteiger partial charge in [-0.2, -0.15) is 0 Å². The Bertz CT molecular complexity index is 163. The monoisotopic (exact) mass is 209 g/mol. The van der Waals surface area contributed by atoms with Gasteiger partial charge in [-0.1, -0.05) is 23.2 Å². The van der Waals surface area contributed by atoms with Gasteiger partial charge < -0.3 is 10.2 Å². The fourth-order valence-corrected chi connectivity index (χ4v) is 1.47. The summed E-state index contributed by atoms with van der Waals surface area (Å²) in [5.74, 6) is 0. The average Bonchev–Trinajstić information content (AvgIpc) is 2.36. The molecule has 3 nitrogen and oxygen atoms in total. The second-order valence-corrected chi connectivity index (χ2v) is 3.60. The van der Waals surface area contributed by atoms with Crippen LogP contribution >= 0.6 is 23.2 Å². The highest BCUT2D eigenvalue weighted by Gasteiger charge is 2.25. The molecule has 0 radical (unpaired) electrons. The van der Waals surface area contributed by atoms with E-state index in [9.17, 15) is 0 Å². The zero-order valence-corrected chi connectivity index (χ0v) is 8.52. The number of nitrogens with one attached hydrogen (secondary N) is 1. The van der Waals surface area contributed by atoms with Gasteiger partial charge in [-0.15, -0.1) is 0 Å². The Labute approximate surface area is 82.7 Å². The van der Waals surface area contributed by atoms with Crippen LogP contribution in [0, 0.1) is 0 Å². The van der Waals surface area contributed by atoms with Crippen molar-refractivity contribution in [3.05, 3.63) is 0 Å². The molecule has 12 heavy (non-hydrogen) atoms. The minimum Gasteiger partial charge on any atom is -0.343 e. The molecule has 0 amide bonds. The molecule has 0 aromatic rings. The summed E-state index contributed by atoms with van der Waals surface area (Å²) in [5, 5.41) is 3.07. The van der Waals surface area contributed by atoms with Crippen LogP contribution in [0.1, 0.15) is 6.42 Å². The van der Waals surface area contributed by atoms with Crippen molar-refractivity contribution in [2.75, 3.05) is 20.1 Å². The normalized spacial score (nSPS) is 28.4. The first kappa shape index (κ1) is 10.1. The fourth-order valence-electron chi connectivity index (χ4n) is 1.06. The van der Waals surface area contributed by atoms with E-state index in [4.69, 9.17) is 23.2 Å². The molecule has 5 heteroatoms. The van der Waals surface area contributed by atoms with E-state index < -0.39 is 0 Å². The zero-order chi connectivity index (χ0) is 8.97. The Morgan fingerprint density at radius 1 is 1.58 bits per heavy atom. The van der Waals surface area contributed by atoms with Gasteiger partial charge in [0, 0.05) is 6.54 Å². The van der Waals surface area contributed by atoms with E-state index in [-0.39, 0.29) is 11.0 Å². The molecule has 70 valence electrons. The van der Waals surface area contributed by atoms with Crippen molar-refractivity contribution in [1.29, 1.82) is 0 Å². The van der Waals surface area contributed by atoms with Crippen LogP contribution in [-0.4, -0.2) is 42.4 Å². The first-order chi connectivity index (χ1) is 5.75. The Morgan fingerprint density at radius 2 is 2.33 bits per heavy atom. The third kappa shape index (κ3) is 2.51. The molecule has 1 aliphatic rings. The van der Waals surface area contributed by atoms with Crippen molar-refractivity contribution < 1.29 is 0 Å². The molecule has 0 spiro atoms. The van der Waals surface area contributed by atoms with Gasteiger partial charge in [-0.3, -0.25) is 4.99 Å². The van der Waals surface area contributed by atoms with Crippen LogP contribution in [-0.2, 0) is 0 Å². The molecule has 1 N–H and O–H groups in total. The molecule has 0 aliphatic carbocycles. The van der Waals surface area contributed by atoms with E-state index in [1.165, 1.54) is 0 Å². The van der Waals surface area contributed by atoms with Crippen molar-refractivity contribution in [3.8, 4) is 0 Å². The number of nitrogens with zero attached hydrogens (tertiary/aromatic N) is 2. The van der Waals surface area contributed by atoms with Gasteiger partial charge in [-0.05, 0) is 20.0 Å². The van der Waals surface area contributed by atoms with Crippen LogP contribution in [0.15, 0.2) is 4.99 Å². The molecule has 0 saturated heterocycles. The van der Waals surface area contributed by atoms with Crippen LogP contribution in [0.25, 0.3) is 0 Å². The van der Waals surface area contributed by atoms with Crippen LogP contribution in [0.3, 0.4) is 0 Å². The molecule has 0 bridgehead atoms. The van der Waals surface area contributed by atoms with E-state index in [1.807, 2.05) is 11.9 Å². The minimum atomic E-state index is -0.291. The lowest BCUT2D eigenvalue weighted by atomic mass is 10.4. The fraction of sp³-hybridized carbons (Fsp3) is 0.857. The average molecular weight is 210 g/mol. The molecular formula is C7H13Cl2N3. The number of rotatable bonds is 4. The molecule has 0 saturated carbocycles. The molecule has 1 heterocycles. The largest absolute Gasteiger partial charge is 0.343 e. The highest BCUT2D eigenvalue weighted by atomic mass is 35.5. The number of aliphatic imine (C=N–C) groups is 1. The number of hydrogen-bond acceptors (Lipinski definition) is 3. The van der Waals surface area contributed by atoms with Gasteiger partial charge in [0.05, 0.1) is 6.34 Å². The topological polar surface area (TPSA) is 27.6 Å². The van der Waals surface area contributed by atoms with Crippen molar-refractivity contribution in [2.45, 2.75) is 17.4 Å². The summed E-state index contributed by atoms with van der Waals surface area (Å²) in [6, 6.07) is 0. The van der Waals surface area contributed by atoms with Gasteiger partial charge in [-0.25, -0.2) is 0 Å². The third-order valence-corrected chi connectivity index (χ3v) is 2.71. The summed E-state index contributed by atoms with van der Waals surface area (Å²) < 4.78 is 0. The maximum Gasteiger partial charge on any atom is 0.159 e. The van der Waals surface area contributed by atoms with E-state index in [0.29, 0.717) is 0 Å². The predicted octanol–water partition coefficient (Wildman–Crippen LogP) is 1.07. The van der Waals surface area contributed by atoms with E-state index in [2.05, 4.69) is 10.3 Å². The van der Waals surface area contributed by atoms with Crippen molar-refractivity contribution in [1.82, 2.24) is 10.2 Å². The number of halogens is 2. The summed E-state index contributed by atoms with van der Waals surface area (Å²) in [7, 11) is 1.93. The molecule has 0 aromatic carbocycles. The Hall–Kier alpha value is 0.01000. The number of hydrogen-bond donors (Lipinski definition) is 1. The lowest BCUT2D eigenvalue weighted by Crippen LogP contribution is -2.31. The molecule has 1 aliphatic heterocycles. The highest BCUT2D eigenvalue weighted by Crippen LogP contribution is 2.20. The van der Waals surface area contributed by atoms with Crippen molar-refractivity contribution >= 4 is 29.5 Å². The quantitative estimate of drug-likeness (QED) is 0.427. The Morgan fingerprint density at radius 3 is 2.83 bits per heavy atom. The maximum absolute atomic E-state index is 5.96. The predicted molar refractivity (Wildman–Crippen MR) is 53.0 cm³/mol. The number of alkyl halides is 2. The first-order valence-electron chi connectivity index (χ1n) is 3.97. The standard InChI is InChI=1S/C7H13Cl2N3/c1-10-3-2-4-12-5-11-6(8)7(12)9/h5-7,10H,2-4H2,1H3. The third-order valence-electron chi connectivity index (χ3n) is 1.74. The molecule has 2 atom stereocenters. The lowest BCUT2D eigenvalue weighted by Gasteiger charge is -2.19. The SMILES string of the molecule is CNCCCN1C=NC(Cl)C1Cl. The highest BCUT2D eigenvalue weighted by molar-refractivity contribution is 6.31. The summed E-state index contributed by atoms with van der Waals surface area (Å²) in [6.45, 7) is 1.89. The minimum absolute atomic E-state index is 0.177. The van der Waals surface area contributed by atoms with E-state index in [0.717, 1.165) is 19.5 Å². The van der Waals surface area contributed by atoms with Gasteiger partial charge in [0.15, 0.2) is 5.50 Å². The Kier molecular flexibility index (Phi) is 4.12. The van der Waals surface area contributed by atoms with Gasteiger partial charge in [0.1, 0.15) is 5.50 Å². The summed E-state index contributed by atoms with van der Waals surface area (Å²) in [4.78, 5) is 5.95. The smallest absolute Gasteiger partial charge is 0.159 e. The zero-order valence-electron chi connectivity index (χ0n) is 7.00. The van der Waals surface area contributed by atoms with E-state index in [1.54, 1.807) is 6.34 Å². The summed E-state index contributed by atoms with van der Waals surface area (Å²) in [6.07, 6.45) is 2.78. The molecule has 0 fully saturated rings. The van der Waals surface area contributed by atoms with Crippen molar-refractivity contribution in [2.24, 2.45) is 4.99 Å². The summed E-state index contributed by atoms with van der Waals surface area (Å²) in [5.41, 5.74) is -0.468.